The summed E-state index contributed by atoms with van der Waals surface area (Å²) in [6.07, 6.45) is 6.26. The lowest BCUT2D eigenvalue weighted by atomic mass is 9.86. The number of nitriles is 1. The summed E-state index contributed by atoms with van der Waals surface area (Å²) in [5.74, 6) is 0.259. The molecule has 1 amide bonds. The molecule has 2 unspecified atom stereocenters. The van der Waals surface area contributed by atoms with Gasteiger partial charge in [-0.1, -0.05) is 19.8 Å². The standard InChI is InChI=1S/C16H20N2OS/c1-11-5-3-4-6-14(11)18-16(19)13(10-17)9-15-12(2)7-8-20-15/h7-9,11,14H,3-6H2,1-2H3,(H,18,19). The highest BCUT2D eigenvalue weighted by Gasteiger charge is 2.24. The molecule has 1 aliphatic carbocycles. The van der Waals surface area contributed by atoms with Gasteiger partial charge in [0.25, 0.3) is 5.91 Å². The van der Waals surface area contributed by atoms with Crippen molar-refractivity contribution in [3.63, 3.8) is 0 Å². The molecule has 2 atom stereocenters. The molecule has 1 heterocycles. The topological polar surface area (TPSA) is 52.9 Å². The molecule has 0 spiro atoms. The van der Waals surface area contributed by atoms with Crippen LogP contribution in [0.3, 0.4) is 0 Å². The summed E-state index contributed by atoms with van der Waals surface area (Å²) in [5.41, 5.74) is 1.30. The fraction of sp³-hybridized carbons (Fsp3) is 0.500. The zero-order chi connectivity index (χ0) is 14.5. The molecule has 0 aliphatic heterocycles. The lowest BCUT2D eigenvalue weighted by Gasteiger charge is -2.29. The predicted molar refractivity (Wildman–Crippen MR) is 82.2 cm³/mol. The molecule has 1 fully saturated rings. The molecule has 106 valence electrons. The maximum Gasteiger partial charge on any atom is 0.262 e. The average Bonchev–Trinajstić information content (AvgIpc) is 2.84. The van der Waals surface area contributed by atoms with Gasteiger partial charge >= 0.3 is 0 Å². The van der Waals surface area contributed by atoms with Gasteiger partial charge in [0.05, 0.1) is 0 Å². The predicted octanol–water partition coefficient (Wildman–Crippen LogP) is 3.66. The van der Waals surface area contributed by atoms with Gasteiger partial charge in [-0.3, -0.25) is 4.79 Å². The number of hydrogen-bond acceptors (Lipinski definition) is 3. The molecule has 4 heteroatoms. The van der Waals surface area contributed by atoms with Crippen LogP contribution in [0.15, 0.2) is 17.0 Å². The zero-order valence-electron chi connectivity index (χ0n) is 12.0. The van der Waals surface area contributed by atoms with Crippen molar-refractivity contribution in [2.24, 2.45) is 5.92 Å². The molecule has 0 radical (unpaired) electrons. The van der Waals surface area contributed by atoms with E-state index in [1.165, 1.54) is 6.42 Å². The van der Waals surface area contributed by atoms with Gasteiger partial charge in [0.1, 0.15) is 11.6 Å². The number of thiophene rings is 1. The number of nitrogens with zero attached hydrogens (tertiary/aromatic N) is 1. The highest BCUT2D eigenvalue weighted by atomic mass is 32.1. The number of aryl methyl sites for hydroxylation is 1. The highest BCUT2D eigenvalue weighted by molar-refractivity contribution is 7.11. The normalized spacial score (nSPS) is 23.1. The molecule has 3 nitrogen and oxygen atoms in total. The number of hydrogen-bond donors (Lipinski definition) is 1. The van der Waals surface area contributed by atoms with Crippen molar-refractivity contribution in [3.8, 4) is 6.07 Å². The first-order valence-electron chi connectivity index (χ1n) is 7.08. The van der Waals surface area contributed by atoms with Gasteiger partial charge in [0, 0.05) is 10.9 Å². The third kappa shape index (κ3) is 3.49. The minimum absolute atomic E-state index is 0.202. The minimum Gasteiger partial charge on any atom is -0.348 e. The third-order valence-electron chi connectivity index (χ3n) is 3.97. The summed E-state index contributed by atoms with van der Waals surface area (Å²) in [6, 6.07) is 4.23. The largest absolute Gasteiger partial charge is 0.348 e. The summed E-state index contributed by atoms with van der Waals surface area (Å²) in [7, 11) is 0. The molecule has 0 aromatic carbocycles. The smallest absolute Gasteiger partial charge is 0.262 e. The van der Waals surface area contributed by atoms with Gasteiger partial charge in [0.2, 0.25) is 0 Å². The van der Waals surface area contributed by atoms with Crippen molar-refractivity contribution < 1.29 is 4.79 Å². The maximum atomic E-state index is 12.2. The van der Waals surface area contributed by atoms with Crippen molar-refractivity contribution in [2.75, 3.05) is 0 Å². The van der Waals surface area contributed by atoms with E-state index in [-0.39, 0.29) is 17.5 Å². The van der Waals surface area contributed by atoms with Crippen molar-refractivity contribution >= 4 is 23.3 Å². The van der Waals surface area contributed by atoms with E-state index < -0.39 is 0 Å². The van der Waals surface area contributed by atoms with E-state index in [4.69, 9.17) is 0 Å². The summed E-state index contributed by atoms with van der Waals surface area (Å²) in [5, 5.41) is 14.2. The first kappa shape index (κ1) is 14.8. The summed E-state index contributed by atoms with van der Waals surface area (Å²) in [4.78, 5) is 13.2. The van der Waals surface area contributed by atoms with E-state index in [0.717, 1.165) is 29.7 Å². The summed E-state index contributed by atoms with van der Waals surface area (Å²) >= 11 is 1.55. The number of carbonyl (C=O) groups excluding carboxylic acids is 1. The van der Waals surface area contributed by atoms with E-state index in [2.05, 4.69) is 12.2 Å². The molecule has 20 heavy (non-hydrogen) atoms. The van der Waals surface area contributed by atoms with Crippen LogP contribution in [0.4, 0.5) is 0 Å². The van der Waals surface area contributed by atoms with Crippen LogP contribution in [0, 0.1) is 24.2 Å². The molecule has 1 aromatic rings. The van der Waals surface area contributed by atoms with Gasteiger partial charge in [-0.05, 0) is 48.8 Å². The fourth-order valence-electron chi connectivity index (χ4n) is 2.59. The fourth-order valence-corrected chi connectivity index (χ4v) is 3.45. The van der Waals surface area contributed by atoms with E-state index >= 15 is 0 Å². The Labute approximate surface area is 124 Å². The van der Waals surface area contributed by atoms with Gasteiger partial charge in [0.15, 0.2) is 0 Å². The lowest BCUT2D eigenvalue weighted by molar-refractivity contribution is -0.118. The van der Waals surface area contributed by atoms with Crippen LogP contribution >= 0.6 is 11.3 Å². The molecule has 0 bridgehead atoms. The summed E-state index contributed by atoms with van der Waals surface area (Å²) < 4.78 is 0. The van der Waals surface area contributed by atoms with E-state index in [9.17, 15) is 10.1 Å². The van der Waals surface area contributed by atoms with Gasteiger partial charge < -0.3 is 5.32 Å². The second-order valence-corrected chi connectivity index (χ2v) is 6.43. The number of rotatable bonds is 3. The van der Waals surface area contributed by atoms with Crippen LogP contribution in [-0.2, 0) is 4.79 Å². The molecular formula is C16H20N2OS. The monoisotopic (exact) mass is 288 g/mol. The van der Waals surface area contributed by atoms with Crippen LogP contribution in [-0.4, -0.2) is 11.9 Å². The number of nitrogens with one attached hydrogen (secondary N) is 1. The quantitative estimate of drug-likeness (QED) is 0.681. The second-order valence-electron chi connectivity index (χ2n) is 5.48. The van der Waals surface area contributed by atoms with E-state index in [1.54, 1.807) is 17.4 Å². The molecule has 1 aliphatic rings. The third-order valence-corrected chi connectivity index (χ3v) is 4.94. The van der Waals surface area contributed by atoms with Gasteiger partial charge in [-0.25, -0.2) is 0 Å². The maximum absolute atomic E-state index is 12.2. The van der Waals surface area contributed by atoms with Crippen molar-refractivity contribution in [1.82, 2.24) is 5.32 Å². The zero-order valence-corrected chi connectivity index (χ0v) is 12.8. The van der Waals surface area contributed by atoms with E-state index in [0.29, 0.717) is 5.92 Å². The first-order valence-corrected chi connectivity index (χ1v) is 7.96. The average molecular weight is 288 g/mol. The Bertz CT molecular complexity index is 553. The Hall–Kier alpha value is -1.60. The highest BCUT2D eigenvalue weighted by Crippen LogP contribution is 2.24. The van der Waals surface area contributed by atoms with Crippen molar-refractivity contribution in [1.29, 1.82) is 5.26 Å². The molecule has 1 N–H and O–H groups in total. The number of amides is 1. The van der Waals surface area contributed by atoms with Crippen molar-refractivity contribution in [2.45, 2.75) is 45.6 Å². The molecule has 2 rings (SSSR count). The molecular weight excluding hydrogens is 268 g/mol. The Morgan fingerprint density at radius 1 is 1.50 bits per heavy atom. The lowest BCUT2D eigenvalue weighted by Crippen LogP contribution is -2.41. The Morgan fingerprint density at radius 3 is 2.85 bits per heavy atom. The SMILES string of the molecule is Cc1ccsc1C=C(C#N)C(=O)NC1CCCCC1C. The van der Waals surface area contributed by atoms with Gasteiger partial charge in [-0.15, -0.1) is 11.3 Å². The second kappa shape index (κ2) is 6.71. The molecule has 0 saturated heterocycles. The molecule has 1 aromatic heterocycles. The summed E-state index contributed by atoms with van der Waals surface area (Å²) in [6.45, 7) is 4.15. The molecule has 1 saturated carbocycles. The van der Waals surface area contributed by atoms with Crippen LogP contribution in [0.2, 0.25) is 0 Å². The first-order chi connectivity index (χ1) is 9.61. The van der Waals surface area contributed by atoms with Crippen molar-refractivity contribution in [3.05, 3.63) is 27.5 Å². The van der Waals surface area contributed by atoms with Crippen LogP contribution < -0.4 is 5.32 Å². The van der Waals surface area contributed by atoms with Crippen LogP contribution in [0.1, 0.15) is 43.0 Å². The minimum atomic E-state index is -0.237. The van der Waals surface area contributed by atoms with Crippen LogP contribution in [0.25, 0.3) is 6.08 Å². The Morgan fingerprint density at radius 2 is 2.25 bits per heavy atom. The van der Waals surface area contributed by atoms with E-state index in [1.807, 2.05) is 24.4 Å². The Kier molecular flexibility index (Phi) is 4.97. The van der Waals surface area contributed by atoms with Crippen LogP contribution in [0.5, 0.6) is 0 Å². The number of carbonyl (C=O) groups is 1. The van der Waals surface area contributed by atoms with Gasteiger partial charge in [-0.2, -0.15) is 5.26 Å². The Balaban J connectivity index is 2.08.